The van der Waals surface area contributed by atoms with Gasteiger partial charge in [0.15, 0.2) is 0 Å². The highest BCUT2D eigenvalue weighted by Gasteiger charge is 2.19. The van der Waals surface area contributed by atoms with E-state index in [1.807, 2.05) is 0 Å². The first-order valence-electron chi connectivity index (χ1n) is 4.70. The molecule has 0 saturated heterocycles. The van der Waals surface area contributed by atoms with Gasteiger partial charge in [-0.15, -0.1) is 0 Å². The van der Waals surface area contributed by atoms with Crippen molar-refractivity contribution >= 4 is 22.1 Å². The van der Waals surface area contributed by atoms with Crippen LogP contribution in [0.1, 0.15) is 12.1 Å². The van der Waals surface area contributed by atoms with Gasteiger partial charge in [0.05, 0.1) is 12.1 Å². The Morgan fingerprint density at radius 2 is 2.29 bits per heavy atom. The number of carbonyl (C=O) groups is 1. The van der Waals surface area contributed by atoms with Crippen LogP contribution >= 0.6 is 0 Å². The van der Waals surface area contributed by atoms with E-state index in [0.29, 0.717) is 5.69 Å². The summed E-state index contributed by atoms with van der Waals surface area (Å²) < 4.78 is 31.0. The van der Waals surface area contributed by atoms with Crippen molar-refractivity contribution in [2.24, 2.45) is 0 Å². The fourth-order valence-electron chi connectivity index (χ4n) is 0.990. The smallest absolute Gasteiger partial charge is 0.304 e. The minimum atomic E-state index is -3.81. The second-order valence-corrected chi connectivity index (χ2v) is 5.18. The fraction of sp³-hybridized carbons (Fsp3) is 0.500. The molecular weight excluding hydrogens is 250 g/mol. The summed E-state index contributed by atoms with van der Waals surface area (Å²) in [4.78, 5) is 10.3. The van der Waals surface area contributed by atoms with Crippen LogP contribution in [0.5, 0.6) is 0 Å². The minimum absolute atomic E-state index is 0.00956. The number of hydrogen-bond acceptors (Lipinski definition) is 5. The van der Waals surface area contributed by atoms with E-state index in [9.17, 15) is 13.2 Å². The molecule has 0 amide bonds. The van der Waals surface area contributed by atoms with Crippen LogP contribution in [0.15, 0.2) is 10.6 Å². The average Bonchev–Trinajstić information content (AvgIpc) is 2.59. The molecule has 0 radical (unpaired) electrons. The van der Waals surface area contributed by atoms with Crippen molar-refractivity contribution in [3.8, 4) is 0 Å². The van der Waals surface area contributed by atoms with Gasteiger partial charge in [-0.2, -0.15) is 12.7 Å². The Kier molecular flexibility index (Phi) is 4.07. The second-order valence-electron chi connectivity index (χ2n) is 3.40. The van der Waals surface area contributed by atoms with Gasteiger partial charge >= 0.3 is 16.2 Å². The van der Waals surface area contributed by atoms with Gasteiger partial charge in [-0.3, -0.25) is 4.79 Å². The van der Waals surface area contributed by atoms with E-state index in [4.69, 9.17) is 9.63 Å². The lowest BCUT2D eigenvalue weighted by Gasteiger charge is -2.15. The standard InChI is InChI=1S/C8H13N3O5S/c1-6-5-7(16-9-6)10-17(14,15)11(2)4-3-8(12)13/h5,10H,3-4H2,1-2H3,(H,12,13). The van der Waals surface area contributed by atoms with Crippen LogP contribution in [0.2, 0.25) is 0 Å². The zero-order valence-electron chi connectivity index (χ0n) is 9.37. The van der Waals surface area contributed by atoms with Gasteiger partial charge < -0.3 is 9.63 Å². The molecule has 0 unspecified atom stereocenters. The number of aliphatic carboxylic acids is 1. The van der Waals surface area contributed by atoms with Gasteiger partial charge in [0.2, 0.25) is 5.88 Å². The third-order valence-electron chi connectivity index (χ3n) is 1.91. The molecule has 0 aliphatic rings. The van der Waals surface area contributed by atoms with E-state index < -0.39 is 16.2 Å². The van der Waals surface area contributed by atoms with E-state index in [-0.39, 0.29) is 18.8 Å². The van der Waals surface area contributed by atoms with Gasteiger partial charge in [0.25, 0.3) is 0 Å². The molecule has 0 aliphatic carbocycles. The summed E-state index contributed by atoms with van der Waals surface area (Å²) in [5, 5.41) is 12.0. The third-order valence-corrected chi connectivity index (χ3v) is 3.37. The normalized spacial score (nSPS) is 11.7. The van der Waals surface area contributed by atoms with Crippen molar-refractivity contribution in [2.75, 3.05) is 18.3 Å². The Balaban J connectivity index is 2.64. The summed E-state index contributed by atoms with van der Waals surface area (Å²) in [5.74, 6) is -1.08. The quantitative estimate of drug-likeness (QED) is 0.749. The van der Waals surface area contributed by atoms with Crippen molar-refractivity contribution in [3.63, 3.8) is 0 Å². The summed E-state index contributed by atoms with van der Waals surface area (Å²) in [6, 6.07) is 1.42. The molecule has 1 rings (SSSR count). The van der Waals surface area contributed by atoms with E-state index in [0.717, 1.165) is 4.31 Å². The minimum Gasteiger partial charge on any atom is -0.481 e. The van der Waals surface area contributed by atoms with Crippen LogP contribution < -0.4 is 4.72 Å². The zero-order chi connectivity index (χ0) is 13.1. The first-order valence-corrected chi connectivity index (χ1v) is 6.14. The van der Waals surface area contributed by atoms with E-state index >= 15 is 0 Å². The highest BCUT2D eigenvalue weighted by Crippen LogP contribution is 2.12. The lowest BCUT2D eigenvalue weighted by atomic mass is 10.4. The van der Waals surface area contributed by atoms with Crippen molar-refractivity contribution in [1.29, 1.82) is 0 Å². The molecule has 0 aliphatic heterocycles. The molecule has 17 heavy (non-hydrogen) atoms. The fourth-order valence-corrected chi connectivity index (χ4v) is 1.83. The maximum absolute atomic E-state index is 11.7. The van der Waals surface area contributed by atoms with Crippen molar-refractivity contribution < 1.29 is 22.8 Å². The number of hydrogen-bond donors (Lipinski definition) is 2. The Morgan fingerprint density at radius 3 is 2.76 bits per heavy atom. The number of carboxylic acids is 1. The summed E-state index contributed by atoms with van der Waals surface area (Å²) in [6.07, 6.45) is -0.271. The number of nitrogens with one attached hydrogen (secondary N) is 1. The Labute approximate surface area is 98.4 Å². The van der Waals surface area contributed by atoms with Crippen molar-refractivity contribution in [1.82, 2.24) is 9.46 Å². The number of nitrogens with zero attached hydrogens (tertiary/aromatic N) is 2. The Bertz CT molecular complexity index is 495. The maximum atomic E-state index is 11.7. The van der Waals surface area contributed by atoms with E-state index in [1.54, 1.807) is 6.92 Å². The maximum Gasteiger partial charge on any atom is 0.304 e. The summed E-state index contributed by atoms with van der Waals surface area (Å²) in [5.41, 5.74) is 0.538. The van der Waals surface area contributed by atoms with E-state index in [1.165, 1.54) is 13.1 Å². The molecule has 1 aromatic rings. The molecule has 96 valence electrons. The molecule has 0 saturated carbocycles. The van der Waals surface area contributed by atoms with Gasteiger partial charge in [-0.25, -0.2) is 4.72 Å². The van der Waals surface area contributed by atoms with Crippen LogP contribution in [0.3, 0.4) is 0 Å². The summed E-state index contributed by atoms with van der Waals surface area (Å²) >= 11 is 0. The average molecular weight is 263 g/mol. The van der Waals surface area contributed by atoms with Crippen molar-refractivity contribution in [3.05, 3.63) is 11.8 Å². The highest BCUT2D eigenvalue weighted by molar-refractivity contribution is 7.90. The molecule has 2 N–H and O–H groups in total. The van der Waals surface area contributed by atoms with Crippen LogP contribution in [-0.4, -0.2) is 42.5 Å². The van der Waals surface area contributed by atoms with Crippen LogP contribution in [-0.2, 0) is 15.0 Å². The first-order chi connectivity index (χ1) is 7.81. The van der Waals surface area contributed by atoms with Crippen LogP contribution in [0, 0.1) is 6.92 Å². The predicted molar refractivity (Wildman–Crippen MR) is 58.7 cm³/mol. The van der Waals surface area contributed by atoms with Gasteiger partial charge in [0.1, 0.15) is 0 Å². The lowest BCUT2D eigenvalue weighted by Crippen LogP contribution is -2.34. The van der Waals surface area contributed by atoms with Gasteiger partial charge in [-0.05, 0) is 6.92 Å². The van der Waals surface area contributed by atoms with Crippen molar-refractivity contribution in [2.45, 2.75) is 13.3 Å². The SMILES string of the molecule is Cc1cc(NS(=O)(=O)N(C)CCC(=O)O)on1. The number of carboxylic acid groups (broad SMARTS) is 1. The number of rotatable bonds is 6. The Morgan fingerprint density at radius 1 is 1.65 bits per heavy atom. The molecule has 8 nitrogen and oxygen atoms in total. The molecule has 0 aromatic carbocycles. The molecule has 0 atom stereocenters. The number of aromatic nitrogens is 1. The van der Waals surface area contributed by atoms with Crippen LogP contribution in [0.4, 0.5) is 5.88 Å². The molecule has 1 heterocycles. The number of anilines is 1. The zero-order valence-corrected chi connectivity index (χ0v) is 10.2. The summed E-state index contributed by atoms with van der Waals surface area (Å²) in [6.45, 7) is 1.52. The predicted octanol–water partition coefficient (Wildman–Crippen LogP) is 0.0462. The van der Waals surface area contributed by atoms with E-state index in [2.05, 4.69) is 9.88 Å². The molecule has 1 aromatic heterocycles. The van der Waals surface area contributed by atoms with Gasteiger partial charge in [-0.1, -0.05) is 5.16 Å². The molecule has 0 fully saturated rings. The van der Waals surface area contributed by atoms with Crippen LogP contribution in [0.25, 0.3) is 0 Å². The largest absolute Gasteiger partial charge is 0.481 e. The van der Waals surface area contributed by atoms with Gasteiger partial charge in [0, 0.05) is 19.7 Å². The third kappa shape index (κ3) is 4.04. The second kappa shape index (κ2) is 5.15. The highest BCUT2D eigenvalue weighted by atomic mass is 32.2. The first kappa shape index (κ1) is 13.5. The molecule has 0 spiro atoms. The topological polar surface area (TPSA) is 113 Å². The lowest BCUT2D eigenvalue weighted by molar-refractivity contribution is -0.137. The monoisotopic (exact) mass is 263 g/mol. The number of aryl methyl sites for hydroxylation is 1. The summed E-state index contributed by atoms with van der Waals surface area (Å²) in [7, 11) is -2.54. The molecular formula is C8H13N3O5S. The Hall–Kier alpha value is -1.61. The molecule has 9 heteroatoms. The molecule has 0 bridgehead atoms.